The Bertz CT molecular complexity index is 950. The van der Waals surface area contributed by atoms with Crippen molar-refractivity contribution in [2.24, 2.45) is 0 Å². The minimum Gasteiger partial charge on any atom is -0.495 e. The lowest BCUT2D eigenvalue weighted by atomic mass is 10.3. The average Bonchev–Trinajstić information content (AvgIpc) is 2.62. The number of hydrogen-bond acceptors (Lipinski definition) is 5. The highest BCUT2D eigenvalue weighted by Crippen LogP contribution is 2.27. The van der Waals surface area contributed by atoms with E-state index in [1.54, 1.807) is 36.4 Å². The van der Waals surface area contributed by atoms with Crippen molar-refractivity contribution in [1.82, 2.24) is 9.97 Å². The van der Waals surface area contributed by atoms with E-state index in [9.17, 15) is 4.79 Å². The van der Waals surface area contributed by atoms with Gasteiger partial charge in [0.25, 0.3) is 5.91 Å². The van der Waals surface area contributed by atoms with Crippen molar-refractivity contribution in [1.29, 1.82) is 0 Å². The topological polar surface area (TPSA) is 76.1 Å². The number of nitrogens with one attached hydrogen (secondary N) is 2. The van der Waals surface area contributed by atoms with Gasteiger partial charge in [-0.25, -0.2) is 9.97 Å². The number of benzene rings is 2. The molecule has 0 unspecified atom stereocenters. The predicted molar refractivity (Wildman–Crippen MR) is 103 cm³/mol. The molecule has 3 aromatic rings. The van der Waals surface area contributed by atoms with Crippen LogP contribution in [0.15, 0.2) is 54.7 Å². The third-order valence-electron chi connectivity index (χ3n) is 3.38. The van der Waals surface area contributed by atoms with Gasteiger partial charge in [0, 0.05) is 22.6 Å². The maximum Gasteiger partial charge on any atom is 0.274 e. The van der Waals surface area contributed by atoms with Crippen LogP contribution in [-0.2, 0) is 0 Å². The van der Waals surface area contributed by atoms with Gasteiger partial charge in [-0.2, -0.15) is 0 Å². The van der Waals surface area contributed by atoms with Crippen LogP contribution in [-0.4, -0.2) is 23.0 Å². The zero-order valence-electron chi connectivity index (χ0n) is 13.7. The second-order valence-electron chi connectivity index (χ2n) is 5.20. The number of carbonyl (C=O) groups is 1. The van der Waals surface area contributed by atoms with Crippen LogP contribution in [0.4, 0.5) is 17.3 Å². The minimum atomic E-state index is -0.386. The van der Waals surface area contributed by atoms with E-state index in [1.807, 2.05) is 6.07 Å². The highest BCUT2D eigenvalue weighted by atomic mass is 35.5. The number of ether oxygens (including phenoxy) is 1. The summed E-state index contributed by atoms with van der Waals surface area (Å²) >= 11 is 12.0. The molecule has 0 fully saturated rings. The maximum absolute atomic E-state index is 12.4. The first-order valence-corrected chi connectivity index (χ1v) is 8.31. The molecular formula is C18H14Cl2N4O2. The van der Waals surface area contributed by atoms with Gasteiger partial charge < -0.3 is 15.4 Å². The fourth-order valence-corrected chi connectivity index (χ4v) is 2.63. The van der Waals surface area contributed by atoms with Gasteiger partial charge in [0.2, 0.25) is 5.95 Å². The molecule has 0 saturated carbocycles. The molecular weight excluding hydrogens is 375 g/mol. The third kappa shape index (κ3) is 4.41. The van der Waals surface area contributed by atoms with Crippen molar-refractivity contribution in [3.8, 4) is 5.75 Å². The molecule has 3 rings (SSSR count). The molecule has 1 heterocycles. The van der Waals surface area contributed by atoms with Crippen LogP contribution in [0.25, 0.3) is 0 Å². The van der Waals surface area contributed by atoms with E-state index in [0.717, 1.165) is 5.69 Å². The minimum absolute atomic E-state index is 0.205. The predicted octanol–water partition coefficient (Wildman–Crippen LogP) is 4.79. The lowest BCUT2D eigenvalue weighted by Crippen LogP contribution is -2.14. The summed E-state index contributed by atoms with van der Waals surface area (Å²) in [6, 6.07) is 13.6. The fraction of sp³-hybridized carbons (Fsp3) is 0.0556. The van der Waals surface area contributed by atoms with E-state index < -0.39 is 0 Å². The van der Waals surface area contributed by atoms with Gasteiger partial charge >= 0.3 is 0 Å². The van der Waals surface area contributed by atoms with Crippen molar-refractivity contribution >= 4 is 46.4 Å². The van der Waals surface area contributed by atoms with Crippen LogP contribution in [0.2, 0.25) is 10.0 Å². The number of carbonyl (C=O) groups excluding carboxylic acids is 1. The van der Waals surface area contributed by atoms with E-state index in [2.05, 4.69) is 20.6 Å². The molecule has 0 aliphatic carbocycles. The van der Waals surface area contributed by atoms with Crippen molar-refractivity contribution < 1.29 is 9.53 Å². The van der Waals surface area contributed by atoms with Crippen LogP contribution in [0.1, 0.15) is 10.5 Å². The Balaban J connectivity index is 1.74. The molecule has 1 aromatic heterocycles. The molecule has 0 radical (unpaired) electrons. The Labute approximate surface area is 160 Å². The largest absolute Gasteiger partial charge is 0.495 e. The Morgan fingerprint density at radius 2 is 1.92 bits per heavy atom. The summed E-state index contributed by atoms with van der Waals surface area (Å²) in [5.74, 6) is 0.426. The Morgan fingerprint density at radius 3 is 2.65 bits per heavy atom. The fourth-order valence-electron chi connectivity index (χ4n) is 2.18. The standard InChI is InChI=1S/C18H14Cl2N4O2/c1-26-16-6-5-13(10-14(16)20)22-17(25)15-7-8-21-18(24-15)23-12-4-2-3-11(19)9-12/h2-10H,1H3,(H,22,25)(H,21,23,24). The quantitative estimate of drug-likeness (QED) is 0.656. The van der Waals surface area contributed by atoms with Gasteiger partial charge in [0.05, 0.1) is 12.1 Å². The number of hydrogen-bond donors (Lipinski definition) is 2. The summed E-state index contributed by atoms with van der Waals surface area (Å²) in [6.45, 7) is 0. The van der Waals surface area contributed by atoms with Gasteiger partial charge in [0.15, 0.2) is 0 Å². The molecule has 0 aliphatic rings. The first kappa shape index (κ1) is 18.0. The maximum atomic E-state index is 12.4. The number of anilines is 3. The SMILES string of the molecule is COc1ccc(NC(=O)c2ccnc(Nc3cccc(Cl)c3)n2)cc1Cl. The molecule has 132 valence electrons. The van der Waals surface area contributed by atoms with Crippen LogP contribution in [0.3, 0.4) is 0 Å². The number of methoxy groups -OCH3 is 1. The summed E-state index contributed by atoms with van der Waals surface area (Å²) in [5.41, 5.74) is 1.46. The lowest BCUT2D eigenvalue weighted by Gasteiger charge is -2.09. The first-order chi connectivity index (χ1) is 12.5. The molecule has 0 atom stereocenters. The lowest BCUT2D eigenvalue weighted by molar-refractivity contribution is 0.102. The molecule has 1 amide bonds. The van der Waals surface area contributed by atoms with Crippen molar-refractivity contribution in [3.63, 3.8) is 0 Å². The Morgan fingerprint density at radius 1 is 1.08 bits per heavy atom. The van der Waals surface area contributed by atoms with Crippen molar-refractivity contribution in [3.05, 3.63) is 70.5 Å². The van der Waals surface area contributed by atoms with Crippen molar-refractivity contribution in [2.45, 2.75) is 0 Å². The highest BCUT2D eigenvalue weighted by Gasteiger charge is 2.11. The molecule has 2 aromatic carbocycles. The zero-order chi connectivity index (χ0) is 18.5. The number of rotatable bonds is 5. The van der Waals surface area contributed by atoms with E-state index in [-0.39, 0.29) is 17.5 Å². The van der Waals surface area contributed by atoms with Crippen LogP contribution in [0, 0.1) is 0 Å². The molecule has 6 nitrogen and oxygen atoms in total. The van der Waals surface area contributed by atoms with Gasteiger partial charge in [-0.15, -0.1) is 0 Å². The van der Waals surface area contributed by atoms with Gasteiger partial charge in [-0.1, -0.05) is 29.3 Å². The van der Waals surface area contributed by atoms with E-state index >= 15 is 0 Å². The van der Waals surface area contributed by atoms with Gasteiger partial charge in [-0.3, -0.25) is 4.79 Å². The Kier molecular flexibility index (Phi) is 5.55. The van der Waals surface area contributed by atoms with Crippen molar-refractivity contribution in [2.75, 3.05) is 17.7 Å². The smallest absolute Gasteiger partial charge is 0.274 e. The number of halogens is 2. The normalized spacial score (nSPS) is 10.3. The molecule has 0 bridgehead atoms. The summed E-state index contributed by atoms with van der Waals surface area (Å²) in [7, 11) is 1.52. The van der Waals surface area contributed by atoms with E-state index in [1.165, 1.54) is 19.4 Å². The van der Waals surface area contributed by atoms with E-state index in [4.69, 9.17) is 27.9 Å². The van der Waals surface area contributed by atoms with Gasteiger partial charge in [0.1, 0.15) is 11.4 Å². The van der Waals surface area contributed by atoms with Crippen LogP contribution >= 0.6 is 23.2 Å². The molecule has 0 aliphatic heterocycles. The molecule has 26 heavy (non-hydrogen) atoms. The summed E-state index contributed by atoms with van der Waals surface area (Å²) < 4.78 is 5.09. The monoisotopic (exact) mass is 388 g/mol. The first-order valence-electron chi connectivity index (χ1n) is 7.55. The number of amides is 1. The average molecular weight is 389 g/mol. The molecule has 0 saturated heterocycles. The number of nitrogens with zero attached hydrogens (tertiary/aromatic N) is 2. The van der Waals surface area contributed by atoms with Crippen LogP contribution in [0.5, 0.6) is 5.75 Å². The second kappa shape index (κ2) is 8.03. The highest BCUT2D eigenvalue weighted by molar-refractivity contribution is 6.32. The molecule has 2 N–H and O–H groups in total. The van der Waals surface area contributed by atoms with Crippen LogP contribution < -0.4 is 15.4 Å². The van der Waals surface area contributed by atoms with E-state index in [0.29, 0.717) is 21.5 Å². The Hall–Kier alpha value is -2.83. The summed E-state index contributed by atoms with van der Waals surface area (Å²) in [6.07, 6.45) is 1.50. The number of aromatic nitrogens is 2. The summed E-state index contributed by atoms with van der Waals surface area (Å²) in [5, 5.41) is 6.72. The molecule has 8 heteroatoms. The zero-order valence-corrected chi connectivity index (χ0v) is 15.2. The third-order valence-corrected chi connectivity index (χ3v) is 3.91. The van der Waals surface area contributed by atoms with Gasteiger partial charge in [-0.05, 0) is 42.5 Å². The summed E-state index contributed by atoms with van der Waals surface area (Å²) in [4.78, 5) is 20.7. The molecule has 0 spiro atoms. The second-order valence-corrected chi connectivity index (χ2v) is 6.05.